The Morgan fingerprint density at radius 2 is 1.01 bits per heavy atom. The summed E-state index contributed by atoms with van der Waals surface area (Å²) < 4.78 is 29.9. The molecule has 0 amide bonds. The Labute approximate surface area is 422 Å². The molecule has 1 unspecified atom stereocenters. The molecule has 9 heteroatoms. The van der Waals surface area contributed by atoms with Gasteiger partial charge in [-0.2, -0.15) is 0 Å². The van der Waals surface area contributed by atoms with Gasteiger partial charge >= 0.3 is 5.97 Å². The second-order valence-electron chi connectivity index (χ2n) is 18.7. The standard InChI is InChI=1S/C50H96N2O6.C9H18O/c1-6-11-14-17-20-21-22-23-24-25-26-27-28-29-32-37-49(53)58-46-48(44-51-39-36-40-52(9-4)10-5)45-55-47-54-41-35-38-50(56-42-33-30-18-15-12-7-2)57-43-34-31-19-16-13-8-3;1-2-3-4-5-6-7-8-9-10/h12-13,15-16,23-24,48,50-51H,6-11,14,17-22,25-47H2,1-5H3;9H,2-8H2,1H3/b15-12-,16-13-,24-23-;. The Hall–Kier alpha value is -1.88. The number of ether oxygens (including phenoxy) is 5. The number of hydrogen-bond donors (Lipinski definition) is 1. The molecule has 0 aliphatic heterocycles. The van der Waals surface area contributed by atoms with Gasteiger partial charge in [-0.1, -0.05) is 161 Å². The molecule has 0 spiro atoms. The minimum Gasteiger partial charge on any atom is -0.465 e. The molecule has 9 nitrogen and oxygen atoms in total. The zero-order valence-corrected chi connectivity index (χ0v) is 45.9. The minimum absolute atomic E-state index is 0.0798. The van der Waals surface area contributed by atoms with Crippen LogP contribution in [0.5, 0.6) is 0 Å². The van der Waals surface area contributed by atoms with E-state index < -0.39 is 0 Å². The number of unbranched alkanes of at least 4 members (excludes halogenated alkanes) is 21. The molecule has 68 heavy (non-hydrogen) atoms. The van der Waals surface area contributed by atoms with Crippen molar-refractivity contribution in [3.8, 4) is 0 Å². The zero-order valence-electron chi connectivity index (χ0n) is 45.9. The summed E-state index contributed by atoms with van der Waals surface area (Å²) in [5.41, 5.74) is 0. The predicted octanol–water partition coefficient (Wildman–Crippen LogP) is 15.8. The number of nitrogens with one attached hydrogen (secondary N) is 1. The Balaban J connectivity index is 0. The first-order valence-electron chi connectivity index (χ1n) is 28.9. The summed E-state index contributed by atoms with van der Waals surface area (Å²) in [5.74, 6) is -0.0164. The highest BCUT2D eigenvalue weighted by Crippen LogP contribution is 2.13. The number of carbonyl (C=O) groups excluding carboxylic acids is 2. The van der Waals surface area contributed by atoms with Crippen LogP contribution in [0.1, 0.15) is 247 Å². The number of rotatable bonds is 54. The van der Waals surface area contributed by atoms with Gasteiger partial charge in [-0.3, -0.25) is 4.79 Å². The molecule has 0 saturated carbocycles. The number of carbonyl (C=O) groups is 2. The van der Waals surface area contributed by atoms with E-state index in [0.29, 0.717) is 26.2 Å². The summed E-state index contributed by atoms with van der Waals surface area (Å²) in [4.78, 5) is 25.0. The van der Waals surface area contributed by atoms with Gasteiger partial charge in [-0.25, -0.2) is 0 Å². The monoisotopic (exact) mass is 963 g/mol. The third-order valence-electron chi connectivity index (χ3n) is 12.1. The highest BCUT2D eigenvalue weighted by atomic mass is 16.7. The van der Waals surface area contributed by atoms with E-state index in [1.807, 2.05) is 0 Å². The highest BCUT2D eigenvalue weighted by molar-refractivity contribution is 5.69. The second kappa shape index (κ2) is 61.2. The van der Waals surface area contributed by atoms with Crippen molar-refractivity contribution in [1.29, 1.82) is 0 Å². The fourth-order valence-electron chi connectivity index (χ4n) is 7.70. The van der Waals surface area contributed by atoms with E-state index in [-0.39, 0.29) is 25.0 Å². The van der Waals surface area contributed by atoms with Crippen molar-refractivity contribution >= 4 is 12.3 Å². The first-order valence-corrected chi connectivity index (χ1v) is 28.9. The second-order valence-corrected chi connectivity index (χ2v) is 18.7. The molecule has 0 fully saturated rings. The molecule has 0 heterocycles. The summed E-state index contributed by atoms with van der Waals surface area (Å²) in [6.07, 6.45) is 51.1. The normalized spacial score (nSPS) is 12.3. The maximum absolute atomic E-state index is 12.6. The Morgan fingerprint density at radius 3 is 1.54 bits per heavy atom. The van der Waals surface area contributed by atoms with Crippen molar-refractivity contribution in [3.05, 3.63) is 36.5 Å². The van der Waals surface area contributed by atoms with Crippen molar-refractivity contribution in [2.24, 2.45) is 5.92 Å². The summed E-state index contributed by atoms with van der Waals surface area (Å²) in [5, 5.41) is 3.58. The average molecular weight is 964 g/mol. The smallest absolute Gasteiger partial charge is 0.305 e. The van der Waals surface area contributed by atoms with Crippen molar-refractivity contribution in [3.63, 3.8) is 0 Å². The van der Waals surface area contributed by atoms with Gasteiger partial charge in [0.05, 0.1) is 13.2 Å². The molecular weight excluding hydrogens is 849 g/mol. The molecule has 0 aromatic rings. The maximum atomic E-state index is 12.6. The Kier molecular flexibility index (Phi) is 61.4. The number of esters is 1. The van der Waals surface area contributed by atoms with Gasteiger partial charge < -0.3 is 38.7 Å². The van der Waals surface area contributed by atoms with Crippen LogP contribution in [0, 0.1) is 5.92 Å². The van der Waals surface area contributed by atoms with Crippen LogP contribution in [0.25, 0.3) is 0 Å². The number of nitrogens with zero attached hydrogens (tertiary/aromatic N) is 1. The van der Waals surface area contributed by atoms with E-state index >= 15 is 0 Å². The van der Waals surface area contributed by atoms with E-state index in [0.717, 1.165) is 149 Å². The molecule has 0 radical (unpaired) electrons. The quantitative estimate of drug-likeness (QED) is 0.0210. The van der Waals surface area contributed by atoms with Crippen LogP contribution in [0.3, 0.4) is 0 Å². The first kappa shape index (κ1) is 68.2. The topological polar surface area (TPSA) is 95.6 Å². The molecule has 1 atom stereocenters. The van der Waals surface area contributed by atoms with Crippen LogP contribution >= 0.6 is 0 Å². The zero-order chi connectivity index (χ0) is 49.9. The Morgan fingerprint density at radius 1 is 0.515 bits per heavy atom. The molecule has 0 aromatic heterocycles. The number of hydrogen-bond acceptors (Lipinski definition) is 9. The van der Waals surface area contributed by atoms with Crippen LogP contribution < -0.4 is 5.32 Å². The molecule has 0 rings (SSSR count). The largest absolute Gasteiger partial charge is 0.465 e. The lowest BCUT2D eigenvalue weighted by Crippen LogP contribution is -2.33. The van der Waals surface area contributed by atoms with E-state index in [2.05, 4.69) is 88.2 Å². The van der Waals surface area contributed by atoms with E-state index in [1.54, 1.807) is 0 Å². The lowest BCUT2D eigenvalue weighted by atomic mass is 10.1. The van der Waals surface area contributed by atoms with Crippen molar-refractivity contribution < 1.29 is 33.3 Å². The van der Waals surface area contributed by atoms with Crippen LogP contribution in [-0.2, 0) is 33.3 Å². The van der Waals surface area contributed by atoms with Gasteiger partial charge in [0.25, 0.3) is 0 Å². The number of aldehydes is 1. The van der Waals surface area contributed by atoms with Gasteiger partial charge in [0, 0.05) is 51.5 Å². The Bertz CT molecular complexity index is 1040. The van der Waals surface area contributed by atoms with Gasteiger partial charge in [-0.15, -0.1) is 0 Å². The molecule has 0 aliphatic rings. The third-order valence-corrected chi connectivity index (χ3v) is 12.1. The fourth-order valence-corrected chi connectivity index (χ4v) is 7.70. The maximum Gasteiger partial charge on any atom is 0.305 e. The average Bonchev–Trinajstić information content (AvgIpc) is 3.35. The summed E-state index contributed by atoms with van der Waals surface area (Å²) >= 11 is 0. The van der Waals surface area contributed by atoms with Gasteiger partial charge in [0.1, 0.15) is 13.1 Å². The lowest BCUT2D eigenvalue weighted by molar-refractivity contribution is -0.152. The predicted molar refractivity (Wildman–Crippen MR) is 291 cm³/mol. The highest BCUT2D eigenvalue weighted by Gasteiger charge is 2.14. The molecule has 0 bridgehead atoms. The summed E-state index contributed by atoms with van der Waals surface area (Å²) in [6.45, 7) is 21.3. The minimum atomic E-state index is -0.194. The molecular formula is C59H114N2O7. The molecule has 0 saturated heterocycles. The van der Waals surface area contributed by atoms with Crippen molar-refractivity contribution in [1.82, 2.24) is 10.2 Å². The lowest BCUT2D eigenvalue weighted by Gasteiger charge is -2.20. The molecule has 0 aromatic carbocycles. The summed E-state index contributed by atoms with van der Waals surface area (Å²) in [7, 11) is 0. The van der Waals surface area contributed by atoms with E-state index in [4.69, 9.17) is 23.7 Å². The van der Waals surface area contributed by atoms with Crippen LogP contribution in [0.2, 0.25) is 0 Å². The van der Waals surface area contributed by atoms with Crippen molar-refractivity contribution in [2.75, 3.05) is 72.6 Å². The van der Waals surface area contributed by atoms with Crippen LogP contribution in [0.4, 0.5) is 0 Å². The third kappa shape index (κ3) is 56.7. The van der Waals surface area contributed by atoms with Gasteiger partial charge in [0.2, 0.25) is 0 Å². The van der Waals surface area contributed by atoms with Crippen molar-refractivity contribution in [2.45, 2.75) is 253 Å². The molecule has 402 valence electrons. The van der Waals surface area contributed by atoms with E-state index in [9.17, 15) is 9.59 Å². The first-order chi connectivity index (χ1) is 33.5. The molecule has 0 aliphatic carbocycles. The van der Waals surface area contributed by atoms with Gasteiger partial charge in [-0.05, 0) is 129 Å². The van der Waals surface area contributed by atoms with E-state index in [1.165, 1.54) is 103 Å². The fraction of sp³-hybridized carbons (Fsp3) is 0.864. The van der Waals surface area contributed by atoms with Crippen LogP contribution in [0.15, 0.2) is 36.5 Å². The summed E-state index contributed by atoms with van der Waals surface area (Å²) in [6, 6.07) is 0. The SMILES string of the molecule is CC/C=C\CCCCOC(CCCOCOCC(CNCCCN(CC)CC)COC(=O)CCCCCCC/C=C\CCCCCCCC)OCCCC/C=C\CC.CCCCCCCCC=O. The van der Waals surface area contributed by atoms with Crippen LogP contribution in [-0.4, -0.2) is 96.0 Å². The van der Waals surface area contributed by atoms with Gasteiger partial charge in [0.15, 0.2) is 6.29 Å². The number of allylic oxidation sites excluding steroid dienone is 6. The molecule has 1 N–H and O–H groups in total.